The second-order valence-electron chi connectivity index (χ2n) is 7.26. The molecule has 0 radical (unpaired) electrons. The Morgan fingerprint density at radius 2 is 2.11 bits per heavy atom. The number of amides is 1. The fraction of sp³-hybridized carbons (Fsp3) is 0.400. The molecule has 0 unspecified atom stereocenters. The molecule has 2 aliphatic rings. The summed E-state index contributed by atoms with van der Waals surface area (Å²) >= 11 is 0. The van der Waals surface area contributed by atoms with E-state index in [1.165, 1.54) is 0 Å². The lowest BCUT2D eigenvalue weighted by molar-refractivity contribution is -0.130. The molecule has 2 aliphatic heterocycles. The van der Waals surface area contributed by atoms with Crippen molar-refractivity contribution in [2.24, 2.45) is 5.92 Å². The van der Waals surface area contributed by atoms with E-state index >= 15 is 0 Å². The number of hydrogen-bond donors (Lipinski definition) is 1. The van der Waals surface area contributed by atoms with Crippen molar-refractivity contribution in [2.45, 2.75) is 32.3 Å². The molecule has 0 saturated carbocycles. The highest BCUT2D eigenvalue weighted by Crippen LogP contribution is 2.37. The molecule has 1 N–H and O–H groups in total. The summed E-state index contributed by atoms with van der Waals surface area (Å²) in [5.41, 5.74) is 0.241. The van der Waals surface area contributed by atoms with Crippen LogP contribution in [0.4, 0.5) is 5.69 Å². The molecule has 1 aromatic heterocycles. The topological polar surface area (TPSA) is 78.9 Å². The number of nitrogens with one attached hydrogen (secondary N) is 1. The van der Waals surface area contributed by atoms with Crippen LogP contribution in [0.3, 0.4) is 0 Å². The summed E-state index contributed by atoms with van der Waals surface area (Å²) in [6.07, 6.45) is 3.00. The van der Waals surface area contributed by atoms with Gasteiger partial charge in [0.1, 0.15) is 11.4 Å². The van der Waals surface area contributed by atoms with Crippen LogP contribution < -0.4 is 19.5 Å². The van der Waals surface area contributed by atoms with E-state index in [9.17, 15) is 4.79 Å². The monoisotopic (exact) mass is 370 g/mol. The van der Waals surface area contributed by atoms with Crippen LogP contribution in [0.2, 0.25) is 0 Å². The van der Waals surface area contributed by atoms with Crippen molar-refractivity contribution >= 4 is 11.6 Å². The molecule has 27 heavy (non-hydrogen) atoms. The first-order valence-corrected chi connectivity index (χ1v) is 8.97. The quantitative estimate of drug-likeness (QED) is 0.883. The lowest BCUT2D eigenvalue weighted by Crippen LogP contribution is -2.39. The molecule has 7 nitrogen and oxygen atoms in total. The van der Waals surface area contributed by atoms with Gasteiger partial charge in [-0.05, 0) is 51.0 Å². The Morgan fingerprint density at radius 3 is 2.96 bits per heavy atom. The number of hydrogen-bond acceptors (Lipinski definition) is 6. The van der Waals surface area contributed by atoms with Gasteiger partial charge in [0.2, 0.25) is 18.6 Å². The Bertz CT molecular complexity index is 852. The van der Waals surface area contributed by atoms with Crippen LogP contribution in [-0.4, -0.2) is 29.9 Å². The molecule has 2 aromatic rings. The van der Waals surface area contributed by atoms with Gasteiger partial charge in [0.15, 0.2) is 11.5 Å². The number of ether oxygens (including phenoxy) is 4. The minimum absolute atomic E-state index is 0.0464. The third-order valence-corrected chi connectivity index (χ3v) is 4.66. The normalized spacial score (nSPS) is 20.1. The molecule has 1 fully saturated rings. The number of carbonyl (C=O) groups excluding carboxylic acids is 1. The molecule has 3 heterocycles. The molecule has 0 bridgehead atoms. The third kappa shape index (κ3) is 3.98. The van der Waals surface area contributed by atoms with E-state index in [4.69, 9.17) is 18.9 Å². The SMILES string of the molecule is CC1(C)C[C@H](C(=O)Nc2cccnc2Oc2ccc3c(c2)OCO3)CCO1. The Kier molecular flexibility index (Phi) is 4.61. The summed E-state index contributed by atoms with van der Waals surface area (Å²) in [5, 5.41) is 2.95. The van der Waals surface area contributed by atoms with Crippen molar-refractivity contribution in [3.8, 4) is 23.1 Å². The first kappa shape index (κ1) is 17.6. The Labute approximate surface area is 157 Å². The third-order valence-electron chi connectivity index (χ3n) is 4.66. The zero-order valence-corrected chi connectivity index (χ0v) is 15.4. The molecule has 7 heteroatoms. The molecule has 0 aliphatic carbocycles. The van der Waals surface area contributed by atoms with Gasteiger partial charge in [-0.3, -0.25) is 4.79 Å². The van der Waals surface area contributed by atoms with Gasteiger partial charge >= 0.3 is 0 Å². The van der Waals surface area contributed by atoms with Crippen molar-refractivity contribution in [2.75, 3.05) is 18.7 Å². The highest BCUT2D eigenvalue weighted by atomic mass is 16.7. The fourth-order valence-corrected chi connectivity index (χ4v) is 3.31. The summed E-state index contributed by atoms with van der Waals surface area (Å²) in [5.74, 6) is 2.04. The first-order chi connectivity index (χ1) is 13.0. The van der Waals surface area contributed by atoms with E-state index in [1.807, 2.05) is 13.8 Å². The molecule has 4 rings (SSSR count). The molecule has 0 spiro atoms. The van der Waals surface area contributed by atoms with Crippen molar-refractivity contribution in [1.29, 1.82) is 0 Å². The van der Waals surface area contributed by atoms with Gasteiger partial charge in [0.25, 0.3) is 0 Å². The average molecular weight is 370 g/mol. The van der Waals surface area contributed by atoms with E-state index in [1.54, 1.807) is 36.5 Å². The van der Waals surface area contributed by atoms with Gasteiger partial charge in [0.05, 0.1) is 5.60 Å². The van der Waals surface area contributed by atoms with E-state index in [-0.39, 0.29) is 24.2 Å². The number of nitrogens with zero attached hydrogens (tertiary/aromatic N) is 1. The highest BCUT2D eigenvalue weighted by molar-refractivity contribution is 5.93. The fourth-order valence-electron chi connectivity index (χ4n) is 3.31. The van der Waals surface area contributed by atoms with Gasteiger partial charge in [-0.25, -0.2) is 4.98 Å². The van der Waals surface area contributed by atoms with Crippen molar-refractivity contribution in [3.05, 3.63) is 36.5 Å². The minimum Gasteiger partial charge on any atom is -0.454 e. The number of aromatic nitrogens is 1. The number of anilines is 1. The smallest absolute Gasteiger partial charge is 0.243 e. The minimum atomic E-state index is -0.291. The second-order valence-corrected chi connectivity index (χ2v) is 7.26. The van der Waals surface area contributed by atoms with E-state index in [0.717, 1.165) is 0 Å². The Balaban J connectivity index is 1.49. The Morgan fingerprint density at radius 1 is 1.26 bits per heavy atom. The predicted octanol–water partition coefficient (Wildman–Crippen LogP) is 3.75. The van der Waals surface area contributed by atoms with Crippen molar-refractivity contribution < 1.29 is 23.7 Å². The first-order valence-electron chi connectivity index (χ1n) is 8.97. The van der Waals surface area contributed by atoms with Crippen molar-refractivity contribution in [1.82, 2.24) is 4.98 Å². The molecule has 1 atom stereocenters. The van der Waals surface area contributed by atoms with Crippen LogP contribution in [0.15, 0.2) is 36.5 Å². The number of rotatable bonds is 4. The van der Waals surface area contributed by atoms with Gasteiger partial charge in [-0.15, -0.1) is 0 Å². The van der Waals surface area contributed by atoms with Crippen molar-refractivity contribution in [3.63, 3.8) is 0 Å². The molecule has 1 aromatic carbocycles. The standard InChI is InChI=1S/C20H22N2O5/c1-20(2)11-13(7-9-26-20)18(23)22-15-4-3-8-21-19(15)27-14-5-6-16-17(10-14)25-12-24-16/h3-6,8,10,13H,7,9,11-12H2,1-2H3,(H,22,23)/t13-/m1/s1. The van der Waals surface area contributed by atoms with E-state index < -0.39 is 0 Å². The summed E-state index contributed by atoms with van der Waals surface area (Å²) in [6, 6.07) is 8.83. The molecular weight excluding hydrogens is 348 g/mol. The highest BCUT2D eigenvalue weighted by Gasteiger charge is 2.33. The maximum absolute atomic E-state index is 12.7. The molecule has 1 saturated heterocycles. The number of fused-ring (bicyclic) bond motifs is 1. The molecule has 142 valence electrons. The number of pyridine rings is 1. The number of carbonyl (C=O) groups is 1. The summed E-state index contributed by atoms with van der Waals surface area (Å²) in [7, 11) is 0. The van der Waals surface area contributed by atoms with Crippen LogP contribution in [0.25, 0.3) is 0 Å². The second kappa shape index (κ2) is 7.08. The van der Waals surface area contributed by atoms with Crippen LogP contribution in [0, 0.1) is 5.92 Å². The lowest BCUT2D eigenvalue weighted by atomic mass is 9.88. The van der Waals surface area contributed by atoms with Gasteiger partial charge < -0.3 is 24.3 Å². The van der Waals surface area contributed by atoms with E-state index in [2.05, 4.69) is 10.3 Å². The van der Waals surface area contributed by atoms with Crippen LogP contribution in [-0.2, 0) is 9.53 Å². The van der Waals surface area contributed by atoms with Gasteiger partial charge in [-0.1, -0.05) is 0 Å². The van der Waals surface area contributed by atoms with E-state index in [0.29, 0.717) is 48.3 Å². The maximum Gasteiger partial charge on any atom is 0.243 e. The Hall–Kier alpha value is -2.80. The zero-order valence-electron chi connectivity index (χ0n) is 15.4. The maximum atomic E-state index is 12.7. The van der Waals surface area contributed by atoms with Gasteiger partial charge in [-0.2, -0.15) is 0 Å². The average Bonchev–Trinajstić information content (AvgIpc) is 3.10. The molecule has 1 amide bonds. The summed E-state index contributed by atoms with van der Waals surface area (Å²) in [4.78, 5) is 17.0. The summed E-state index contributed by atoms with van der Waals surface area (Å²) < 4.78 is 22.2. The molecular formula is C20H22N2O5. The van der Waals surface area contributed by atoms with Gasteiger partial charge in [0, 0.05) is 24.8 Å². The number of benzene rings is 1. The van der Waals surface area contributed by atoms with Crippen LogP contribution >= 0.6 is 0 Å². The lowest BCUT2D eigenvalue weighted by Gasteiger charge is -2.34. The largest absolute Gasteiger partial charge is 0.454 e. The van der Waals surface area contributed by atoms with Crippen LogP contribution in [0.1, 0.15) is 26.7 Å². The summed E-state index contributed by atoms with van der Waals surface area (Å²) in [6.45, 7) is 4.79. The predicted molar refractivity (Wildman–Crippen MR) is 98.3 cm³/mol. The zero-order chi connectivity index (χ0) is 18.9. The van der Waals surface area contributed by atoms with Crippen LogP contribution in [0.5, 0.6) is 23.1 Å².